The Morgan fingerprint density at radius 3 is 2.60 bits per heavy atom. The van der Waals surface area contributed by atoms with Crippen LogP contribution in [0.4, 0.5) is 0 Å². The van der Waals surface area contributed by atoms with E-state index in [2.05, 4.69) is 17.1 Å². The number of unbranched alkanes of at least 4 members (excludes halogenated alkanes) is 1. The number of nitrogens with one attached hydrogen (secondary N) is 1. The molecule has 3 nitrogen and oxygen atoms in total. The van der Waals surface area contributed by atoms with Crippen molar-refractivity contribution in [3.8, 4) is 0 Å². The molecular formula is C12H26N2O. The summed E-state index contributed by atoms with van der Waals surface area (Å²) < 4.78 is 5.03. The Labute approximate surface area is 94.2 Å². The number of likely N-dealkylation sites (tertiary alicyclic amines) is 1. The zero-order valence-corrected chi connectivity index (χ0v) is 10.3. The molecule has 0 aromatic rings. The van der Waals surface area contributed by atoms with Crippen LogP contribution in [0.15, 0.2) is 0 Å². The van der Waals surface area contributed by atoms with Crippen LogP contribution in [0.2, 0.25) is 0 Å². The van der Waals surface area contributed by atoms with Crippen molar-refractivity contribution in [3.63, 3.8) is 0 Å². The van der Waals surface area contributed by atoms with Gasteiger partial charge in [0, 0.05) is 19.8 Å². The molecule has 0 atom stereocenters. The quantitative estimate of drug-likeness (QED) is 0.650. The number of hydrogen-bond donors (Lipinski definition) is 1. The average Bonchev–Trinajstić information content (AvgIpc) is 2.30. The van der Waals surface area contributed by atoms with E-state index in [0.29, 0.717) is 0 Å². The van der Waals surface area contributed by atoms with E-state index in [0.717, 1.165) is 19.2 Å². The van der Waals surface area contributed by atoms with Gasteiger partial charge in [-0.2, -0.15) is 0 Å². The van der Waals surface area contributed by atoms with Crippen LogP contribution < -0.4 is 5.32 Å². The van der Waals surface area contributed by atoms with Crippen molar-refractivity contribution in [1.82, 2.24) is 10.2 Å². The van der Waals surface area contributed by atoms with E-state index in [1.165, 1.54) is 45.3 Å². The fourth-order valence-electron chi connectivity index (χ4n) is 2.13. The highest BCUT2D eigenvalue weighted by Crippen LogP contribution is 2.09. The van der Waals surface area contributed by atoms with E-state index in [-0.39, 0.29) is 0 Å². The predicted octanol–water partition coefficient (Wildman–Crippen LogP) is 1.49. The molecule has 1 aliphatic rings. The third-order valence-electron chi connectivity index (χ3n) is 3.24. The van der Waals surface area contributed by atoms with E-state index in [1.54, 1.807) is 7.11 Å². The van der Waals surface area contributed by atoms with E-state index in [9.17, 15) is 0 Å². The standard InChI is InChI=1S/C12H26N2O/c1-3-14-9-6-12(7-10-14)13-8-4-5-11-15-2/h12-13H,3-11H2,1-2H3. The fourth-order valence-corrected chi connectivity index (χ4v) is 2.13. The van der Waals surface area contributed by atoms with Crippen molar-refractivity contribution >= 4 is 0 Å². The molecule has 0 aliphatic carbocycles. The zero-order valence-electron chi connectivity index (χ0n) is 10.3. The van der Waals surface area contributed by atoms with Crippen LogP contribution in [0.3, 0.4) is 0 Å². The van der Waals surface area contributed by atoms with Crippen molar-refractivity contribution in [3.05, 3.63) is 0 Å². The van der Waals surface area contributed by atoms with Crippen molar-refractivity contribution < 1.29 is 4.74 Å². The predicted molar refractivity (Wildman–Crippen MR) is 64.2 cm³/mol. The van der Waals surface area contributed by atoms with Crippen molar-refractivity contribution in [2.75, 3.05) is 39.9 Å². The normalized spacial score (nSPS) is 19.6. The first-order valence-electron chi connectivity index (χ1n) is 6.31. The van der Waals surface area contributed by atoms with Gasteiger partial charge < -0.3 is 15.0 Å². The van der Waals surface area contributed by atoms with E-state index < -0.39 is 0 Å². The van der Waals surface area contributed by atoms with E-state index in [4.69, 9.17) is 4.74 Å². The highest BCUT2D eigenvalue weighted by atomic mass is 16.5. The SMILES string of the molecule is CCN1CCC(NCCCCOC)CC1. The molecule has 0 radical (unpaired) electrons. The minimum absolute atomic E-state index is 0.760. The molecule has 1 aliphatic heterocycles. The molecule has 0 unspecified atom stereocenters. The molecular weight excluding hydrogens is 188 g/mol. The smallest absolute Gasteiger partial charge is 0.0462 e. The molecule has 1 heterocycles. The van der Waals surface area contributed by atoms with Crippen molar-refractivity contribution in [2.24, 2.45) is 0 Å². The van der Waals surface area contributed by atoms with Crippen LogP contribution in [0.5, 0.6) is 0 Å². The molecule has 0 aromatic carbocycles. The first-order chi connectivity index (χ1) is 7.36. The van der Waals surface area contributed by atoms with Crippen molar-refractivity contribution in [1.29, 1.82) is 0 Å². The maximum Gasteiger partial charge on any atom is 0.0462 e. The Bertz CT molecular complexity index is 145. The number of piperidine rings is 1. The monoisotopic (exact) mass is 214 g/mol. The fraction of sp³-hybridized carbons (Fsp3) is 1.00. The second kappa shape index (κ2) is 8.08. The van der Waals surface area contributed by atoms with Crippen molar-refractivity contribution in [2.45, 2.75) is 38.6 Å². The molecule has 1 saturated heterocycles. The van der Waals surface area contributed by atoms with Crippen LogP contribution in [-0.4, -0.2) is 50.8 Å². The van der Waals surface area contributed by atoms with Crippen LogP contribution >= 0.6 is 0 Å². The Hall–Kier alpha value is -0.120. The summed E-state index contributed by atoms with van der Waals surface area (Å²) in [5, 5.41) is 3.64. The van der Waals surface area contributed by atoms with Gasteiger partial charge >= 0.3 is 0 Å². The molecule has 1 N–H and O–H groups in total. The largest absolute Gasteiger partial charge is 0.385 e. The van der Waals surface area contributed by atoms with Gasteiger partial charge in [-0.25, -0.2) is 0 Å². The highest BCUT2D eigenvalue weighted by molar-refractivity contribution is 4.76. The highest BCUT2D eigenvalue weighted by Gasteiger charge is 2.16. The molecule has 90 valence electrons. The summed E-state index contributed by atoms with van der Waals surface area (Å²) in [6, 6.07) is 0.760. The third kappa shape index (κ3) is 5.50. The van der Waals surface area contributed by atoms with Gasteiger partial charge in [-0.05, 0) is 51.9 Å². The Morgan fingerprint density at radius 1 is 1.27 bits per heavy atom. The summed E-state index contributed by atoms with van der Waals surface area (Å²) in [6.45, 7) is 8.05. The van der Waals surface area contributed by atoms with Crippen LogP contribution in [0, 0.1) is 0 Å². The minimum Gasteiger partial charge on any atom is -0.385 e. The van der Waals surface area contributed by atoms with Gasteiger partial charge in [0.15, 0.2) is 0 Å². The summed E-state index contributed by atoms with van der Waals surface area (Å²) >= 11 is 0. The summed E-state index contributed by atoms with van der Waals surface area (Å²) in [5.74, 6) is 0. The molecule has 0 bridgehead atoms. The number of hydrogen-bond acceptors (Lipinski definition) is 3. The zero-order chi connectivity index (χ0) is 10.9. The van der Waals surface area contributed by atoms with Gasteiger partial charge in [-0.1, -0.05) is 6.92 Å². The Balaban J connectivity index is 1.94. The van der Waals surface area contributed by atoms with Gasteiger partial charge in [-0.3, -0.25) is 0 Å². The summed E-state index contributed by atoms with van der Waals surface area (Å²) in [7, 11) is 1.77. The third-order valence-corrected chi connectivity index (χ3v) is 3.24. The topological polar surface area (TPSA) is 24.5 Å². The summed E-state index contributed by atoms with van der Waals surface area (Å²) in [4.78, 5) is 2.53. The van der Waals surface area contributed by atoms with Gasteiger partial charge in [0.2, 0.25) is 0 Å². The lowest BCUT2D eigenvalue weighted by Gasteiger charge is -2.31. The second-order valence-corrected chi connectivity index (χ2v) is 4.36. The molecule has 15 heavy (non-hydrogen) atoms. The molecule has 0 aromatic heterocycles. The maximum absolute atomic E-state index is 5.03. The first-order valence-corrected chi connectivity index (χ1v) is 6.31. The van der Waals surface area contributed by atoms with E-state index in [1.807, 2.05) is 0 Å². The molecule has 1 rings (SSSR count). The summed E-state index contributed by atoms with van der Waals surface area (Å²) in [5.41, 5.74) is 0. The molecule has 1 fully saturated rings. The van der Waals surface area contributed by atoms with Crippen LogP contribution in [0.25, 0.3) is 0 Å². The van der Waals surface area contributed by atoms with Gasteiger partial charge in [0.05, 0.1) is 0 Å². The molecule has 0 spiro atoms. The number of rotatable bonds is 7. The van der Waals surface area contributed by atoms with Gasteiger partial charge in [0.25, 0.3) is 0 Å². The average molecular weight is 214 g/mol. The van der Waals surface area contributed by atoms with Gasteiger partial charge in [-0.15, -0.1) is 0 Å². The lowest BCUT2D eigenvalue weighted by atomic mass is 10.1. The lowest BCUT2D eigenvalue weighted by molar-refractivity contribution is 0.188. The van der Waals surface area contributed by atoms with Gasteiger partial charge in [0.1, 0.15) is 0 Å². The van der Waals surface area contributed by atoms with Crippen LogP contribution in [0.1, 0.15) is 32.6 Å². The summed E-state index contributed by atoms with van der Waals surface area (Å²) in [6.07, 6.45) is 5.05. The lowest BCUT2D eigenvalue weighted by Crippen LogP contribution is -2.42. The van der Waals surface area contributed by atoms with E-state index >= 15 is 0 Å². The Kier molecular flexibility index (Phi) is 6.98. The molecule has 0 saturated carbocycles. The number of methoxy groups -OCH3 is 1. The minimum atomic E-state index is 0.760. The molecule has 0 amide bonds. The Morgan fingerprint density at radius 2 is 2.00 bits per heavy atom. The number of ether oxygens (including phenoxy) is 1. The second-order valence-electron chi connectivity index (χ2n) is 4.36. The molecule has 3 heteroatoms. The maximum atomic E-state index is 5.03. The van der Waals surface area contributed by atoms with Crippen LogP contribution in [-0.2, 0) is 4.74 Å². The number of nitrogens with zero attached hydrogens (tertiary/aromatic N) is 1. The first kappa shape index (κ1) is 12.9.